The van der Waals surface area contributed by atoms with Gasteiger partial charge in [0.1, 0.15) is 5.82 Å². The third-order valence-electron chi connectivity index (χ3n) is 2.69. The first-order chi connectivity index (χ1) is 8.61. The molecular formula is C14H12Cl2FN. The van der Waals surface area contributed by atoms with Gasteiger partial charge < -0.3 is 5.73 Å². The number of halogens is 3. The molecule has 0 spiro atoms. The molecule has 0 aliphatic heterocycles. The molecule has 0 heterocycles. The highest BCUT2D eigenvalue weighted by atomic mass is 35.5. The van der Waals surface area contributed by atoms with Gasteiger partial charge in [0.15, 0.2) is 0 Å². The fourth-order valence-corrected chi connectivity index (χ4v) is 2.08. The van der Waals surface area contributed by atoms with Gasteiger partial charge in [-0.1, -0.05) is 35.3 Å². The fourth-order valence-electron chi connectivity index (χ4n) is 1.78. The van der Waals surface area contributed by atoms with E-state index in [-0.39, 0.29) is 5.82 Å². The van der Waals surface area contributed by atoms with Crippen LogP contribution < -0.4 is 5.73 Å². The predicted molar refractivity (Wildman–Crippen MR) is 74.6 cm³/mol. The van der Waals surface area contributed by atoms with E-state index < -0.39 is 0 Å². The van der Waals surface area contributed by atoms with Gasteiger partial charge in [-0.3, -0.25) is 0 Å². The smallest absolute Gasteiger partial charge is 0.131 e. The van der Waals surface area contributed by atoms with Crippen LogP contribution in [-0.4, -0.2) is 6.54 Å². The molecule has 1 nitrogen and oxygen atoms in total. The van der Waals surface area contributed by atoms with Gasteiger partial charge in [-0.05, 0) is 48.4 Å². The summed E-state index contributed by atoms with van der Waals surface area (Å²) in [4.78, 5) is 0. The second-order valence-corrected chi connectivity index (χ2v) is 4.80. The molecular weight excluding hydrogens is 272 g/mol. The zero-order valence-corrected chi connectivity index (χ0v) is 11.1. The van der Waals surface area contributed by atoms with Gasteiger partial charge in [-0.15, -0.1) is 0 Å². The van der Waals surface area contributed by atoms with E-state index in [0.717, 1.165) is 5.56 Å². The Morgan fingerprint density at radius 2 is 1.78 bits per heavy atom. The van der Waals surface area contributed by atoms with Crippen LogP contribution in [0, 0.1) is 5.82 Å². The Labute approximate surface area is 115 Å². The van der Waals surface area contributed by atoms with Crippen LogP contribution in [-0.2, 0) is 6.42 Å². The highest BCUT2D eigenvalue weighted by Gasteiger charge is 2.08. The van der Waals surface area contributed by atoms with Crippen molar-refractivity contribution in [2.45, 2.75) is 6.42 Å². The van der Waals surface area contributed by atoms with E-state index in [1.54, 1.807) is 30.3 Å². The summed E-state index contributed by atoms with van der Waals surface area (Å²) in [6.45, 7) is 0.534. The molecule has 0 saturated heterocycles. The SMILES string of the molecule is NCCc1ccc(F)c(-c2ccc(Cl)c(Cl)c2)c1. The van der Waals surface area contributed by atoms with Crippen LogP contribution in [0.25, 0.3) is 11.1 Å². The fraction of sp³-hybridized carbons (Fsp3) is 0.143. The Morgan fingerprint density at radius 3 is 2.44 bits per heavy atom. The Kier molecular flexibility index (Phi) is 4.23. The van der Waals surface area contributed by atoms with E-state index in [1.807, 2.05) is 0 Å². The minimum Gasteiger partial charge on any atom is -0.330 e. The summed E-state index contributed by atoms with van der Waals surface area (Å²) in [5, 5.41) is 0.872. The number of hydrogen-bond acceptors (Lipinski definition) is 1. The first-order valence-corrected chi connectivity index (χ1v) is 6.31. The van der Waals surface area contributed by atoms with Crippen LogP contribution in [0.3, 0.4) is 0 Å². The molecule has 0 fully saturated rings. The molecule has 0 amide bonds. The minimum atomic E-state index is -0.283. The summed E-state index contributed by atoms with van der Waals surface area (Å²) >= 11 is 11.8. The van der Waals surface area contributed by atoms with Crippen LogP contribution in [0.2, 0.25) is 10.0 Å². The second-order valence-electron chi connectivity index (χ2n) is 3.98. The third-order valence-corrected chi connectivity index (χ3v) is 3.43. The Balaban J connectivity index is 2.48. The molecule has 4 heteroatoms. The molecule has 2 aromatic carbocycles. The Hall–Kier alpha value is -1.09. The molecule has 0 aliphatic carbocycles. The molecule has 2 aromatic rings. The van der Waals surface area contributed by atoms with Gasteiger partial charge in [0.05, 0.1) is 10.0 Å². The van der Waals surface area contributed by atoms with Gasteiger partial charge in [-0.2, -0.15) is 0 Å². The lowest BCUT2D eigenvalue weighted by molar-refractivity contribution is 0.630. The number of hydrogen-bond donors (Lipinski definition) is 1. The summed E-state index contributed by atoms with van der Waals surface area (Å²) in [7, 11) is 0. The molecule has 0 aliphatic rings. The molecule has 0 atom stereocenters. The summed E-state index contributed by atoms with van der Waals surface area (Å²) in [5.41, 5.74) is 7.72. The third kappa shape index (κ3) is 2.83. The van der Waals surface area contributed by atoms with Crippen molar-refractivity contribution in [2.24, 2.45) is 5.73 Å². The first-order valence-electron chi connectivity index (χ1n) is 5.55. The normalized spacial score (nSPS) is 10.7. The molecule has 0 saturated carbocycles. The highest BCUT2D eigenvalue weighted by Crippen LogP contribution is 2.30. The Morgan fingerprint density at radius 1 is 1.00 bits per heavy atom. The lowest BCUT2D eigenvalue weighted by Gasteiger charge is -2.07. The van der Waals surface area contributed by atoms with Crippen molar-refractivity contribution in [3.63, 3.8) is 0 Å². The topological polar surface area (TPSA) is 26.0 Å². The van der Waals surface area contributed by atoms with E-state index in [2.05, 4.69) is 0 Å². The van der Waals surface area contributed by atoms with Gasteiger partial charge >= 0.3 is 0 Å². The zero-order chi connectivity index (χ0) is 13.1. The van der Waals surface area contributed by atoms with Crippen LogP contribution in [0.1, 0.15) is 5.56 Å². The summed E-state index contributed by atoms with van der Waals surface area (Å²) in [5.74, 6) is -0.283. The molecule has 2 rings (SSSR count). The van der Waals surface area contributed by atoms with Crippen LogP contribution in [0.15, 0.2) is 36.4 Å². The molecule has 0 bridgehead atoms. The summed E-state index contributed by atoms with van der Waals surface area (Å²) in [6.07, 6.45) is 0.717. The monoisotopic (exact) mass is 283 g/mol. The second kappa shape index (κ2) is 5.70. The van der Waals surface area contributed by atoms with Gasteiger partial charge in [-0.25, -0.2) is 4.39 Å². The van der Waals surface area contributed by atoms with E-state index in [0.29, 0.717) is 34.1 Å². The molecule has 0 aromatic heterocycles. The van der Waals surface area contributed by atoms with Crippen molar-refractivity contribution in [1.29, 1.82) is 0 Å². The lowest BCUT2D eigenvalue weighted by atomic mass is 10.0. The van der Waals surface area contributed by atoms with Crippen molar-refractivity contribution in [2.75, 3.05) is 6.54 Å². The van der Waals surface area contributed by atoms with E-state index in [4.69, 9.17) is 28.9 Å². The minimum absolute atomic E-state index is 0.283. The molecule has 0 unspecified atom stereocenters. The largest absolute Gasteiger partial charge is 0.330 e. The van der Waals surface area contributed by atoms with Crippen molar-refractivity contribution in [3.8, 4) is 11.1 Å². The maximum absolute atomic E-state index is 13.8. The molecule has 18 heavy (non-hydrogen) atoms. The number of benzene rings is 2. The first kappa shape index (κ1) is 13.3. The number of rotatable bonds is 3. The predicted octanol–water partition coefficient (Wildman–Crippen LogP) is 4.30. The average Bonchev–Trinajstić information content (AvgIpc) is 2.35. The maximum atomic E-state index is 13.8. The molecule has 94 valence electrons. The summed E-state index contributed by atoms with van der Waals surface area (Å²) < 4.78 is 13.8. The van der Waals surface area contributed by atoms with Crippen molar-refractivity contribution in [3.05, 3.63) is 57.8 Å². The van der Waals surface area contributed by atoms with Crippen LogP contribution in [0.5, 0.6) is 0 Å². The quantitative estimate of drug-likeness (QED) is 0.893. The zero-order valence-electron chi connectivity index (χ0n) is 9.59. The van der Waals surface area contributed by atoms with Gasteiger partial charge in [0, 0.05) is 5.56 Å². The molecule has 0 radical (unpaired) electrons. The van der Waals surface area contributed by atoms with Gasteiger partial charge in [0.25, 0.3) is 0 Å². The van der Waals surface area contributed by atoms with Crippen LogP contribution in [0.4, 0.5) is 4.39 Å². The Bertz CT molecular complexity index is 570. The highest BCUT2D eigenvalue weighted by molar-refractivity contribution is 6.42. The maximum Gasteiger partial charge on any atom is 0.131 e. The standard InChI is InChI=1S/C14H12Cl2FN/c15-12-3-2-10(8-13(12)16)11-7-9(5-6-18)1-4-14(11)17/h1-4,7-8H,5-6,18H2. The van der Waals surface area contributed by atoms with E-state index >= 15 is 0 Å². The average molecular weight is 284 g/mol. The van der Waals surface area contributed by atoms with Crippen molar-refractivity contribution >= 4 is 23.2 Å². The van der Waals surface area contributed by atoms with Crippen molar-refractivity contribution < 1.29 is 4.39 Å². The summed E-state index contributed by atoms with van der Waals surface area (Å²) in [6, 6.07) is 10.1. The lowest BCUT2D eigenvalue weighted by Crippen LogP contribution is -2.03. The van der Waals surface area contributed by atoms with E-state index in [9.17, 15) is 4.39 Å². The number of nitrogens with two attached hydrogens (primary N) is 1. The van der Waals surface area contributed by atoms with Crippen molar-refractivity contribution in [1.82, 2.24) is 0 Å². The van der Waals surface area contributed by atoms with E-state index in [1.165, 1.54) is 6.07 Å². The molecule has 2 N–H and O–H groups in total. The van der Waals surface area contributed by atoms with Gasteiger partial charge in [0.2, 0.25) is 0 Å². The van der Waals surface area contributed by atoms with Crippen LogP contribution >= 0.6 is 23.2 Å².